The van der Waals surface area contributed by atoms with E-state index in [0.717, 1.165) is 15.3 Å². The second kappa shape index (κ2) is 9.77. The molecule has 27 heavy (non-hydrogen) atoms. The molecule has 5 nitrogen and oxygen atoms in total. The molecular weight excluding hydrogens is 448 g/mol. The van der Waals surface area contributed by atoms with Crippen LogP contribution in [0.5, 0.6) is 0 Å². The molecule has 0 atom stereocenters. The molecule has 2 N–H and O–H groups in total. The maximum absolute atomic E-state index is 12.2. The van der Waals surface area contributed by atoms with E-state index in [1.165, 1.54) is 11.1 Å². The Hall–Kier alpha value is -2.03. The third-order valence-corrected chi connectivity index (χ3v) is 6.37. The molecule has 140 valence electrons. The molecule has 0 aliphatic rings. The fraction of sp³-hybridized carbons (Fsp3) is 0.158. The first kappa shape index (κ1) is 19.7. The van der Waals surface area contributed by atoms with Gasteiger partial charge < -0.3 is 15.1 Å². The second-order valence-corrected chi connectivity index (χ2v) is 9.18. The molecule has 2 amide bonds. The summed E-state index contributed by atoms with van der Waals surface area (Å²) >= 11 is 6.96. The van der Waals surface area contributed by atoms with Gasteiger partial charge in [0.1, 0.15) is 0 Å². The van der Waals surface area contributed by atoms with Crippen molar-refractivity contribution in [1.82, 2.24) is 5.32 Å². The number of amides is 2. The van der Waals surface area contributed by atoms with Gasteiger partial charge in [0.2, 0.25) is 0 Å². The van der Waals surface area contributed by atoms with Gasteiger partial charge in [0, 0.05) is 34.2 Å². The van der Waals surface area contributed by atoms with Gasteiger partial charge >= 0.3 is 0 Å². The van der Waals surface area contributed by atoms with Crippen LogP contribution in [-0.2, 0) is 5.75 Å². The number of anilines is 1. The van der Waals surface area contributed by atoms with Gasteiger partial charge in [-0.3, -0.25) is 9.59 Å². The molecule has 0 aliphatic carbocycles. The lowest BCUT2D eigenvalue weighted by Gasteiger charge is -2.07. The van der Waals surface area contributed by atoms with Crippen LogP contribution < -0.4 is 10.6 Å². The first-order chi connectivity index (χ1) is 13.1. The lowest BCUT2D eigenvalue weighted by molar-refractivity contribution is 0.0955. The van der Waals surface area contributed by atoms with E-state index in [-0.39, 0.29) is 17.6 Å². The number of hydrogen-bond acceptors (Lipinski definition) is 5. The zero-order valence-electron chi connectivity index (χ0n) is 14.2. The average molecular weight is 465 g/mol. The van der Waals surface area contributed by atoms with Crippen molar-refractivity contribution in [2.24, 2.45) is 0 Å². The lowest BCUT2D eigenvalue weighted by atomic mass is 10.2. The monoisotopic (exact) mass is 464 g/mol. The molecule has 8 heteroatoms. The minimum atomic E-state index is -0.327. The Morgan fingerprint density at radius 3 is 2.56 bits per heavy atom. The number of thioether (sulfide) groups is 1. The highest BCUT2D eigenvalue weighted by molar-refractivity contribution is 9.11. The van der Waals surface area contributed by atoms with E-state index < -0.39 is 0 Å². The summed E-state index contributed by atoms with van der Waals surface area (Å²) in [6, 6.07) is 14.1. The Balaban J connectivity index is 1.40. The molecule has 0 fully saturated rings. The predicted octanol–water partition coefficient (Wildman–Crippen LogP) is 5.02. The number of hydrogen-bond donors (Lipinski definition) is 2. The number of rotatable bonds is 8. The van der Waals surface area contributed by atoms with E-state index in [0.29, 0.717) is 17.8 Å². The van der Waals surface area contributed by atoms with E-state index in [9.17, 15) is 9.59 Å². The molecule has 0 aliphatic heterocycles. The van der Waals surface area contributed by atoms with Crippen molar-refractivity contribution in [1.29, 1.82) is 0 Å². The highest BCUT2D eigenvalue weighted by Gasteiger charge is 2.10. The van der Waals surface area contributed by atoms with Crippen molar-refractivity contribution < 1.29 is 14.0 Å². The molecule has 0 saturated heterocycles. The van der Waals surface area contributed by atoms with E-state index >= 15 is 0 Å². The summed E-state index contributed by atoms with van der Waals surface area (Å²) in [7, 11) is 0. The number of benzene rings is 1. The van der Waals surface area contributed by atoms with Gasteiger partial charge in [-0.1, -0.05) is 0 Å². The smallest absolute Gasteiger partial charge is 0.291 e. The van der Waals surface area contributed by atoms with Gasteiger partial charge in [-0.25, -0.2) is 0 Å². The molecule has 0 radical (unpaired) electrons. The average Bonchev–Trinajstić information content (AvgIpc) is 3.34. The van der Waals surface area contributed by atoms with Gasteiger partial charge in [-0.2, -0.15) is 11.8 Å². The Kier molecular flexibility index (Phi) is 7.14. The largest absolute Gasteiger partial charge is 0.459 e. The minimum Gasteiger partial charge on any atom is -0.459 e. The molecule has 0 saturated carbocycles. The number of furan rings is 1. The normalized spacial score (nSPS) is 10.6. The quantitative estimate of drug-likeness (QED) is 0.459. The van der Waals surface area contributed by atoms with E-state index in [4.69, 9.17) is 4.42 Å². The van der Waals surface area contributed by atoms with Crippen LogP contribution in [0.1, 0.15) is 25.8 Å². The summed E-state index contributed by atoms with van der Waals surface area (Å²) in [5, 5.41) is 5.62. The Morgan fingerprint density at radius 1 is 1.07 bits per heavy atom. The van der Waals surface area contributed by atoms with Gasteiger partial charge in [-0.05, 0) is 64.5 Å². The first-order valence-corrected chi connectivity index (χ1v) is 10.9. The highest BCUT2D eigenvalue weighted by atomic mass is 79.9. The predicted molar refractivity (Wildman–Crippen MR) is 114 cm³/mol. The zero-order chi connectivity index (χ0) is 19.1. The molecular formula is C19H17BrN2O3S2. The van der Waals surface area contributed by atoms with Crippen molar-refractivity contribution in [3.8, 4) is 0 Å². The second-order valence-electron chi connectivity index (χ2n) is 5.52. The summed E-state index contributed by atoms with van der Waals surface area (Å²) in [4.78, 5) is 25.4. The van der Waals surface area contributed by atoms with Crippen molar-refractivity contribution in [3.63, 3.8) is 0 Å². The van der Waals surface area contributed by atoms with E-state index in [1.807, 2.05) is 6.07 Å². The molecule has 1 aromatic carbocycles. The minimum absolute atomic E-state index is 0.127. The SMILES string of the molecule is O=C(NCCSCc1ccc(Br)s1)c1ccc(NC(=O)c2ccco2)cc1. The molecule has 3 aromatic rings. The molecule has 2 heterocycles. The van der Waals surface area contributed by atoms with Gasteiger partial charge in [0.15, 0.2) is 5.76 Å². The van der Waals surface area contributed by atoms with Gasteiger partial charge in [-0.15, -0.1) is 11.3 Å². The Morgan fingerprint density at radius 2 is 1.89 bits per heavy atom. The summed E-state index contributed by atoms with van der Waals surface area (Å²) in [5.41, 5.74) is 1.16. The first-order valence-electron chi connectivity index (χ1n) is 8.17. The topological polar surface area (TPSA) is 71.3 Å². The lowest BCUT2D eigenvalue weighted by Crippen LogP contribution is -2.25. The fourth-order valence-corrected chi connectivity index (χ4v) is 4.70. The molecule has 2 aromatic heterocycles. The van der Waals surface area contributed by atoms with Gasteiger partial charge in [0.05, 0.1) is 10.0 Å². The van der Waals surface area contributed by atoms with Crippen LogP contribution in [-0.4, -0.2) is 24.1 Å². The van der Waals surface area contributed by atoms with Gasteiger partial charge in [0.25, 0.3) is 11.8 Å². The molecule has 3 rings (SSSR count). The van der Waals surface area contributed by atoms with Crippen LogP contribution in [0.25, 0.3) is 0 Å². The zero-order valence-corrected chi connectivity index (χ0v) is 17.5. The van der Waals surface area contributed by atoms with Crippen LogP contribution >= 0.6 is 39.0 Å². The Labute approximate surface area is 173 Å². The number of thiophene rings is 1. The van der Waals surface area contributed by atoms with Crippen LogP contribution in [0.2, 0.25) is 0 Å². The summed E-state index contributed by atoms with van der Waals surface area (Å²) in [5.74, 6) is 1.57. The summed E-state index contributed by atoms with van der Waals surface area (Å²) < 4.78 is 6.18. The molecule has 0 spiro atoms. The summed E-state index contributed by atoms with van der Waals surface area (Å²) in [6.45, 7) is 0.604. The van der Waals surface area contributed by atoms with Crippen LogP contribution in [0, 0.1) is 0 Å². The third kappa shape index (κ3) is 5.98. The van der Waals surface area contributed by atoms with Crippen molar-refractivity contribution in [2.75, 3.05) is 17.6 Å². The van der Waals surface area contributed by atoms with Crippen LogP contribution in [0.3, 0.4) is 0 Å². The van der Waals surface area contributed by atoms with Crippen LogP contribution in [0.4, 0.5) is 5.69 Å². The van der Waals surface area contributed by atoms with Crippen molar-refractivity contribution in [2.45, 2.75) is 5.75 Å². The van der Waals surface area contributed by atoms with E-state index in [1.54, 1.807) is 59.5 Å². The number of carbonyl (C=O) groups excluding carboxylic acids is 2. The van der Waals surface area contributed by atoms with E-state index in [2.05, 4.69) is 32.6 Å². The molecule has 0 bridgehead atoms. The summed E-state index contributed by atoms with van der Waals surface area (Å²) in [6.07, 6.45) is 1.44. The molecule has 0 unspecified atom stereocenters. The number of halogens is 1. The standard InChI is InChI=1S/C19H17BrN2O3S2/c20-17-8-7-15(27-17)12-26-11-9-21-18(23)13-3-5-14(6-4-13)22-19(24)16-2-1-10-25-16/h1-8,10H,9,11-12H2,(H,21,23)(H,22,24). The third-order valence-electron chi connectivity index (χ3n) is 3.56. The number of nitrogens with one attached hydrogen (secondary N) is 2. The maximum Gasteiger partial charge on any atom is 0.291 e. The highest BCUT2D eigenvalue weighted by Crippen LogP contribution is 2.25. The Bertz CT molecular complexity index is 892. The number of carbonyl (C=O) groups is 2. The van der Waals surface area contributed by atoms with Crippen molar-refractivity contribution >= 4 is 56.5 Å². The maximum atomic E-state index is 12.2. The van der Waals surface area contributed by atoms with Crippen LogP contribution in [0.15, 0.2) is 63.0 Å². The van der Waals surface area contributed by atoms with Crippen molar-refractivity contribution in [3.05, 3.63) is 74.8 Å². The fourth-order valence-electron chi connectivity index (χ4n) is 2.25.